The van der Waals surface area contributed by atoms with Gasteiger partial charge in [0.15, 0.2) is 0 Å². The Balaban J connectivity index is 0.000000336. The van der Waals surface area contributed by atoms with Crippen LogP contribution in [0.5, 0.6) is 0 Å². The Labute approximate surface area is 81.3 Å². The molecule has 2 saturated heterocycles. The zero-order valence-electron chi connectivity index (χ0n) is 8.08. The van der Waals surface area contributed by atoms with Gasteiger partial charge in [0.25, 0.3) is 0 Å². The Hall–Kier alpha value is 0.270. The van der Waals surface area contributed by atoms with E-state index >= 15 is 0 Å². The van der Waals surface area contributed by atoms with Crippen molar-refractivity contribution < 1.29 is 0 Å². The molecule has 2 rings (SSSR count). The molecule has 2 aliphatic heterocycles. The van der Waals surface area contributed by atoms with Gasteiger partial charge in [0.05, 0.1) is 0 Å². The van der Waals surface area contributed by atoms with E-state index in [0.29, 0.717) is 0 Å². The first-order valence-electron chi connectivity index (χ1n) is 5.04. The lowest BCUT2D eigenvalue weighted by molar-refractivity contribution is 0.290. The molecule has 3 heteroatoms. The Kier molecular flexibility index (Phi) is 4.40. The van der Waals surface area contributed by atoms with Gasteiger partial charge >= 0.3 is 0 Å². The quantitative estimate of drug-likeness (QED) is 0.561. The van der Waals surface area contributed by atoms with Crippen LogP contribution in [-0.2, 0) is 0 Å². The molecule has 0 aliphatic carbocycles. The Morgan fingerprint density at radius 3 is 2.75 bits per heavy atom. The van der Waals surface area contributed by atoms with Gasteiger partial charge in [-0.3, -0.25) is 0 Å². The molecular weight excluding hydrogens is 168 g/mol. The van der Waals surface area contributed by atoms with Crippen molar-refractivity contribution in [3.8, 4) is 0 Å². The molecule has 1 N–H and O–H groups in total. The van der Waals surface area contributed by atoms with Gasteiger partial charge in [-0.2, -0.15) is 0 Å². The van der Waals surface area contributed by atoms with Crippen molar-refractivity contribution in [2.75, 3.05) is 19.6 Å². The van der Waals surface area contributed by atoms with E-state index in [1.54, 1.807) is 0 Å². The molecule has 2 heterocycles. The van der Waals surface area contributed by atoms with Gasteiger partial charge in [-0.05, 0) is 31.8 Å². The SMILES string of the molecule is CC.SN1CCC2CNCCC21. The summed E-state index contributed by atoms with van der Waals surface area (Å²) in [6.45, 7) is 7.57. The van der Waals surface area contributed by atoms with Crippen molar-refractivity contribution in [2.24, 2.45) is 5.92 Å². The first-order valence-corrected chi connectivity index (χ1v) is 5.44. The molecule has 2 nitrogen and oxygen atoms in total. The van der Waals surface area contributed by atoms with Gasteiger partial charge in [-0.15, -0.1) is 0 Å². The number of rotatable bonds is 0. The highest BCUT2D eigenvalue weighted by Crippen LogP contribution is 2.29. The number of fused-ring (bicyclic) bond motifs is 1. The van der Waals surface area contributed by atoms with Crippen molar-refractivity contribution in [3.05, 3.63) is 0 Å². The number of hydrogen-bond acceptors (Lipinski definition) is 3. The maximum Gasteiger partial charge on any atom is 0.0253 e. The van der Waals surface area contributed by atoms with Crippen LogP contribution in [0, 0.1) is 5.92 Å². The lowest BCUT2D eigenvalue weighted by atomic mass is 9.95. The van der Waals surface area contributed by atoms with E-state index in [-0.39, 0.29) is 0 Å². The highest BCUT2D eigenvalue weighted by atomic mass is 32.1. The molecule has 0 saturated carbocycles. The van der Waals surface area contributed by atoms with Gasteiger partial charge in [0.2, 0.25) is 0 Å². The van der Waals surface area contributed by atoms with Crippen LogP contribution in [0.15, 0.2) is 0 Å². The van der Waals surface area contributed by atoms with E-state index in [1.165, 1.54) is 32.5 Å². The predicted molar refractivity (Wildman–Crippen MR) is 56.4 cm³/mol. The summed E-state index contributed by atoms with van der Waals surface area (Å²) in [5.41, 5.74) is 0. The van der Waals surface area contributed by atoms with Gasteiger partial charge in [0, 0.05) is 12.6 Å². The minimum atomic E-state index is 0.768. The molecule has 0 radical (unpaired) electrons. The van der Waals surface area contributed by atoms with Crippen molar-refractivity contribution in [1.82, 2.24) is 9.62 Å². The van der Waals surface area contributed by atoms with Gasteiger partial charge in [-0.1, -0.05) is 26.7 Å². The molecule has 0 aromatic rings. The molecular formula is C9H20N2S. The van der Waals surface area contributed by atoms with Gasteiger partial charge in [-0.25, -0.2) is 4.31 Å². The minimum absolute atomic E-state index is 0.768. The maximum absolute atomic E-state index is 4.42. The lowest BCUT2D eigenvalue weighted by Gasteiger charge is -2.28. The van der Waals surface area contributed by atoms with Crippen LogP contribution < -0.4 is 5.32 Å². The lowest BCUT2D eigenvalue weighted by Crippen LogP contribution is -2.40. The minimum Gasteiger partial charge on any atom is -0.316 e. The second-order valence-corrected chi connectivity index (χ2v) is 3.79. The average Bonchev–Trinajstić information content (AvgIpc) is 2.53. The van der Waals surface area contributed by atoms with E-state index < -0.39 is 0 Å². The molecule has 0 aromatic carbocycles. The summed E-state index contributed by atoms with van der Waals surface area (Å²) in [6, 6.07) is 0.768. The standard InChI is InChI=1S/C7H14N2S.C2H6/c10-9-4-2-6-5-8-3-1-7(6)9;1-2/h6-8,10H,1-5H2;1-2H3. The number of nitrogens with zero attached hydrogens (tertiary/aromatic N) is 1. The maximum atomic E-state index is 4.42. The zero-order chi connectivity index (χ0) is 8.97. The summed E-state index contributed by atoms with van der Waals surface area (Å²) >= 11 is 4.42. The summed E-state index contributed by atoms with van der Waals surface area (Å²) in [5, 5.41) is 3.42. The summed E-state index contributed by atoms with van der Waals surface area (Å²) in [7, 11) is 0. The number of hydrogen-bond donors (Lipinski definition) is 2. The largest absolute Gasteiger partial charge is 0.316 e. The molecule has 0 amide bonds. The second kappa shape index (κ2) is 5.10. The highest BCUT2D eigenvalue weighted by molar-refractivity contribution is 7.77. The first kappa shape index (κ1) is 10.4. The highest BCUT2D eigenvalue weighted by Gasteiger charge is 2.33. The number of piperidine rings is 1. The predicted octanol–water partition coefficient (Wildman–Crippen LogP) is 1.54. The smallest absolute Gasteiger partial charge is 0.0253 e. The van der Waals surface area contributed by atoms with Crippen LogP contribution >= 0.6 is 12.8 Å². The Morgan fingerprint density at radius 2 is 2.08 bits per heavy atom. The molecule has 2 atom stereocenters. The van der Waals surface area contributed by atoms with Gasteiger partial charge < -0.3 is 5.32 Å². The third-order valence-corrected chi connectivity index (χ3v) is 3.18. The Morgan fingerprint density at radius 1 is 1.33 bits per heavy atom. The van der Waals surface area contributed by atoms with Crippen LogP contribution in [0.3, 0.4) is 0 Å². The van der Waals surface area contributed by atoms with E-state index in [0.717, 1.165) is 12.0 Å². The zero-order valence-corrected chi connectivity index (χ0v) is 8.98. The van der Waals surface area contributed by atoms with E-state index in [4.69, 9.17) is 0 Å². The fraction of sp³-hybridized carbons (Fsp3) is 1.00. The first-order chi connectivity index (χ1) is 5.88. The van der Waals surface area contributed by atoms with Crippen molar-refractivity contribution in [1.29, 1.82) is 0 Å². The summed E-state index contributed by atoms with van der Waals surface area (Å²) in [6.07, 6.45) is 2.62. The van der Waals surface area contributed by atoms with Gasteiger partial charge in [0.1, 0.15) is 0 Å². The topological polar surface area (TPSA) is 15.3 Å². The molecule has 0 spiro atoms. The molecule has 2 fully saturated rings. The Bertz CT molecular complexity index is 128. The normalized spacial score (nSPS) is 35.2. The summed E-state index contributed by atoms with van der Waals surface area (Å²) in [4.78, 5) is 0. The van der Waals surface area contributed by atoms with E-state index in [9.17, 15) is 0 Å². The fourth-order valence-corrected chi connectivity index (χ4v) is 2.48. The molecule has 2 aliphatic rings. The molecule has 72 valence electrons. The third-order valence-electron chi connectivity index (χ3n) is 2.68. The van der Waals surface area contributed by atoms with E-state index in [1.807, 2.05) is 13.8 Å². The molecule has 0 aromatic heterocycles. The van der Waals surface area contributed by atoms with E-state index in [2.05, 4.69) is 22.4 Å². The van der Waals surface area contributed by atoms with Crippen LogP contribution in [-0.4, -0.2) is 30.0 Å². The van der Waals surface area contributed by atoms with Crippen LogP contribution in [0.25, 0.3) is 0 Å². The average molecular weight is 188 g/mol. The summed E-state index contributed by atoms with van der Waals surface area (Å²) in [5.74, 6) is 0.881. The van der Waals surface area contributed by atoms with Crippen LogP contribution in [0.4, 0.5) is 0 Å². The number of thiol groups is 1. The van der Waals surface area contributed by atoms with Crippen molar-refractivity contribution in [2.45, 2.75) is 32.7 Å². The van der Waals surface area contributed by atoms with Crippen LogP contribution in [0.1, 0.15) is 26.7 Å². The monoisotopic (exact) mass is 188 g/mol. The second-order valence-electron chi connectivity index (χ2n) is 3.27. The summed E-state index contributed by atoms with van der Waals surface area (Å²) < 4.78 is 2.21. The molecule has 2 unspecified atom stereocenters. The van der Waals surface area contributed by atoms with Crippen molar-refractivity contribution in [3.63, 3.8) is 0 Å². The number of nitrogens with one attached hydrogen (secondary N) is 1. The van der Waals surface area contributed by atoms with Crippen LogP contribution in [0.2, 0.25) is 0 Å². The molecule has 12 heavy (non-hydrogen) atoms. The van der Waals surface area contributed by atoms with Crippen molar-refractivity contribution >= 4 is 12.8 Å². The third kappa shape index (κ3) is 2.15. The fourth-order valence-electron chi connectivity index (χ4n) is 2.06. The molecule has 0 bridgehead atoms.